The molecule has 1 saturated heterocycles. The molecule has 2 aromatic rings. The molecule has 9 nitrogen and oxygen atoms in total. The molecule has 0 bridgehead atoms. The highest BCUT2D eigenvalue weighted by molar-refractivity contribution is 5.96. The predicted octanol–water partition coefficient (Wildman–Crippen LogP) is 1.95. The van der Waals surface area contributed by atoms with E-state index in [4.69, 9.17) is 0 Å². The van der Waals surface area contributed by atoms with Crippen molar-refractivity contribution in [1.29, 1.82) is 0 Å². The van der Waals surface area contributed by atoms with Crippen LogP contribution in [0.4, 0.5) is 19.0 Å². The van der Waals surface area contributed by atoms with Gasteiger partial charge in [0.15, 0.2) is 17.0 Å². The van der Waals surface area contributed by atoms with Crippen LogP contribution in [-0.4, -0.2) is 68.1 Å². The second-order valence-corrected chi connectivity index (χ2v) is 7.91. The predicted molar refractivity (Wildman–Crippen MR) is 105 cm³/mol. The van der Waals surface area contributed by atoms with Gasteiger partial charge in [-0.2, -0.15) is 13.2 Å². The quantitative estimate of drug-likeness (QED) is 0.713. The van der Waals surface area contributed by atoms with Crippen molar-refractivity contribution >= 4 is 28.8 Å². The first kappa shape index (κ1) is 21.3. The van der Waals surface area contributed by atoms with Crippen LogP contribution in [0.5, 0.6) is 0 Å². The standard InChI is InChI=1S/C19H24F3N7O2/c1-2-29-15-13(27-16(29)17(30)23-9-19(20,21)22)14(24-10-25-15)26-12-6-7-28(8-12)18(31)11-4-3-5-11/h10-12H,2-9H2,1H3,(H,23,30)(H,24,25,26)/t12-/m0/s1. The number of aromatic nitrogens is 4. The molecule has 12 heteroatoms. The summed E-state index contributed by atoms with van der Waals surface area (Å²) >= 11 is 0. The summed E-state index contributed by atoms with van der Waals surface area (Å²) in [5.41, 5.74) is 0.669. The number of nitrogens with one attached hydrogen (secondary N) is 2. The van der Waals surface area contributed by atoms with Crippen LogP contribution < -0.4 is 10.6 Å². The van der Waals surface area contributed by atoms with E-state index < -0.39 is 18.6 Å². The average Bonchev–Trinajstić information content (AvgIpc) is 3.29. The van der Waals surface area contributed by atoms with Crippen LogP contribution in [0.15, 0.2) is 6.33 Å². The summed E-state index contributed by atoms with van der Waals surface area (Å²) in [5, 5.41) is 5.12. The number of rotatable bonds is 6. The third-order valence-corrected chi connectivity index (χ3v) is 5.80. The van der Waals surface area contributed by atoms with Crippen LogP contribution >= 0.6 is 0 Å². The molecule has 1 saturated carbocycles. The summed E-state index contributed by atoms with van der Waals surface area (Å²) in [6.07, 6.45) is 0.557. The SMILES string of the molecule is CCn1c(C(=O)NCC(F)(F)F)nc2c(N[C@H]3CCN(C(=O)C4CCC4)C3)ncnc21. The number of halogens is 3. The van der Waals surface area contributed by atoms with Gasteiger partial charge in [-0.1, -0.05) is 6.42 Å². The smallest absolute Gasteiger partial charge is 0.364 e. The second kappa shape index (κ2) is 8.31. The molecule has 0 spiro atoms. The molecule has 2 N–H and O–H groups in total. The number of aryl methyl sites for hydroxylation is 1. The van der Waals surface area contributed by atoms with Crippen molar-refractivity contribution < 1.29 is 22.8 Å². The van der Waals surface area contributed by atoms with Crippen molar-refractivity contribution in [2.75, 3.05) is 25.0 Å². The summed E-state index contributed by atoms with van der Waals surface area (Å²) in [5.74, 6) is -0.352. The Bertz CT molecular complexity index is 987. The van der Waals surface area contributed by atoms with Gasteiger partial charge in [0.25, 0.3) is 5.91 Å². The topological polar surface area (TPSA) is 105 Å². The first-order valence-electron chi connectivity index (χ1n) is 10.4. The zero-order chi connectivity index (χ0) is 22.2. The lowest BCUT2D eigenvalue weighted by atomic mass is 9.84. The number of hydrogen-bond acceptors (Lipinski definition) is 6. The Morgan fingerprint density at radius 1 is 1.23 bits per heavy atom. The lowest BCUT2D eigenvalue weighted by molar-refractivity contribution is -0.137. The first-order valence-corrected chi connectivity index (χ1v) is 10.4. The van der Waals surface area contributed by atoms with E-state index in [9.17, 15) is 22.8 Å². The van der Waals surface area contributed by atoms with E-state index in [-0.39, 0.29) is 23.7 Å². The third kappa shape index (κ3) is 4.42. The van der Waals surface area contributed by atoms with Crippen molar-refractivity contribution in [2.24, 2.45) is 5.92 Å². The summed E-state index contributed by atoms with van der Waals surface area (Å²) in [4.78, 5) is 39.3. The maximum absolute atomic E-state index is 12.5. The Kier molecular flexibility index (Phi) is 5.71. The number of amides is 2. The van der Waals surface area contributed by atoms with Gasteiger partial charge in [-0.15, -0.1) is 0 Å². The van der Waals surface area contributed by atoms with Crippen LogP contribution in [0.3, 0.4) is 0 Å². The number of anilines is 1. The summed E-state index contributed by atoms with van der Waals surface area (Å²) in [6.45, 7) is 1.82. The van der Waals surface area contributed by atoms with Crippen molar-refractivity contribution in [3.05, 3.63) is 12.2 Å². The number of fused-ring (bicyclic) bond motifs is 1. The van der Waals surface area contributed by atoms with Gasteiger partial charge in [0.05, 0.1) is 0 Å². The van der Waals surface area contributed by atoms with Crippen LogP contribution in [-0.2, 0) is 11.3 Å². The molecule has 2 aromatic heterocycles. The average molecular weight is 439 g/mol. The molecule has 1 aliphatic carbocycles. The highest BCUT2D eigenvalue weighted by Gasteiger charge is 2.34. The Hall–Kier alpha value is -2.92. The van der Waals surface area contributed by atoms with Gasteiger partial charge in [0, 0.05) is 31.6 Å². The molecule has 0 aromatic carbocycles. The van der Waals surface area contributed by atoms with Crippen LogP contribution in [0.25, 0.3) is 11.2 Å². The van der Waals surface area contributed by atoms with E-state index >= 15 is 0 Å². The molecular formula is C19H24F3N7O2. The van der Waals surface area contributed by atoms with E-state index in [0.29, 0.717) is 36.6 Å². The van der Waals surface area contributed by atoms with Crippen molar-refractivity contribution in [2.45, 2.75) is 51.4 Å². The molecule has 2 aliphatic rings. The third-order valence-electron chi connectivity index (χ3n) is 5.80. The molecule has 2 amide bonds. The number of alkyl halides is 3. The molecule has 2 fully saturated rings. The number of hydrogen-bond donors (Lipinski definition) is 2. The first-order chi connectivity index (χ1) is 14.8. The molecule has 31 heavy (non-hydrogen) atoms. The molecular weight excluding hydrogens is 415 g/mol. The van der Waals surface area contributed by atoms with E-state index in [1.54, 1.807) is 6.92 Å². The van der Waals surface area contributed by atoms with Gasteiger partial charge in [-0.25, -0.2) is 15.0 Å². The maximum Gasteiger partial charge on any atom is 0.405 e. The maximum atomic E-state index is 12.5. The molecule has 1 aliphatic heterocycles. The Labute approximate surface area is 176 Å². The summed E-state index contributed by atoms with van der Waals surface area (Å²) in [7, 11) is 0. The van der Waals surface area contributed by atoms with Crippen molar-refractivity contribution in [3.63, 3.8) is 0 Å². The summed E-state index contributed by atoms with van der Waals surface area (Å²) in [6, 6.07) is -0.0311. The Morgan fingerprint density at radius 3 is 2.65 bits per heavy atom. The van der Waals surface area contributed by atoms with Gasteiger partial charge in [0.2, 0.25) is 11.7 Å². The van der Waals surface area contributed by atoms with Crippen LogP contribution in [0.1, 0.15) is 43.2 Å². The summed E-state index contributed by atoms with van der Waals surface area (Å²) < 4.78 is 38.9. The number of likely N-dealkylation sites (tertiary alicyclic amines) is 1. The minimum atomic E-state index is -4.52. The lowest BCUT2D eigenvalue weighted by Gasteiger charge is -2.29. The van der Waals surface area contributed by atoms with Crippen LogP contribution in [0.2, 0.25) is 0 Å². The highest BCUT2D eigenvalue weighted by atomic mass is 19.4. The molecule has 168 valence electrons. The molecule has 1 atom stereocenters. The highest BCUT2D eigenvalue weighted by Crippen LogP contribution is 2.30. The Balaban J connectivity index is 1.52. The van der Waals surface area contributed by atoms with Crippen LogP contribution in [0, 0.1) is 5.92 Å². The fourth-order valence-corrected chi connectivity index (χ4v) is 3.96. The van der Waals surface area contributed by atoms with E-state index in [0.717, 1.165) is 25.7 Å². The van der Waals surface area contributed by atoms with Gasteiger partial charge in [-0.3, -0.25) is 9.59 Å². The lowest BCUT2D eigenvalue weighted by Crippen LogP contribution is -2.38. The number of carbonyl (C=O) groups is 2. The monoisotopic (exact) mass is 439 g/mol. The van der Waals surface area contributed by atoms with Crippen molar-refractivity contribution in [3.8, 4) is 0 Å². The zero-order valence-corrected chi connectivity index (χ0v) is 17.1. The molecule has 0 radical (unpaired) electrons. The van der Waals surface area contributed by atoms with Gasteiger partial charge >= 0.3 is 6.18 Å². The second-order valence-electron chi connectivity index (χ2n) is 7.91. The largest absolute Gasteiger partial charge is 0.405 e. The van der Waals surface area contributed by atoms with Gasteiger partial charge < -0.3 is 20.1 Å². The number of nitrogens with zero attached hydrogens (tertiary/aromatic N) is 5. The fourth-order valence-electron chi connectivity index (χ4n) is 3.96. The molecule has 3 heterocycles. The van der Waals surface area contributed by atoms with Gasteiger partial charge in [-0.05, 0) is 26.2 Å². The molecule has 4 rings (SSSR count). The minimum Gasteiger partial charge on any atom is -0.364 e. The normalized spacial score (nSPS) is 19.5. The van der Waals surface area contributed by atoms with E-state index in [2.05, 4.69) is 20.3 Å². The number of carbonyl (C=O) groups excluding carboxylic acids is 2. The van der Waals surface area contributed by atoms with Gasteiger partial charge in [0.1, 0.15) is 12.9 Å². The fraction of sp³-hybridized carbons (Fsp3) is 0.632. The minimum absolute atomic E-state index is 0.0311. The van der Waals surface area contributed by atoms with Crippen molar-refractivity contribution in [1.82, 2.24) is 29.7 Å². The molecule has 0 unspecified atom stereocenters. The van der Waals surface area contributed by atoms with E-state index in [1.165, 1.54) is 10.9 Å². The zero-order valence-electron chi connectivity index (χ0n) is 17.1. The number of imidazole rings is 1. The van der Waals surface area contributed by atoms with E-state index in [1.807, 2.05) is 10.2 Å². The Morgan fingerprint density at radius 2 is 2.00 bits per heavy atom.